The number of hydrogen-bond donors (Lipinski definition) is 1. The molecule has 0 aliphatic heterocycles. The molecule has 0 bridgehead atoms. The number of nitrogens with zero attached hydrogens (tertiary/aromatic N) is 2. The number of aromatic nitrogens is 1. The number of rotatable bonds is 7. The molecular weight excluding hydrogens is 525 g/mol. The molecule has 0 fully saturated rings. The lowest BCUT2D eigenvalue weighted by Gasteiger charge is -2.12. The molecule has 3 aromatic carbocycles. The van der Waals surface area contributed by atoms with Gasteiger partial charge in [0.15, 0.2) is 11.5 Å². The molecule has 0 saturated carbocycles. The molecule has 6 nitrogen and oxygen atoms in total. The first-order valence-corrected chi connectivity index (χ1v) is 11.4. The number of anilines is 1. The van der Waals surface area contributed by atoms with Gasteiger partial charge in [-0.05, 0) is 77.5 Å². The van der Waals surface area contributed by atoms with Crippen LogP contribution >= 0.6 is 33.9 Å². The summed E-state index contributed by atoms with van der Waals surface area (Å²) in [6.07, 6.45) is 1.67. The molecule has 4 aromatic rings. The van der Waals surface area contributed by atoms with Crippen molar-refractivity contribution < 1.29 is 14.3 Å². The Morgan fingerprint density at radius 1 is 1.13 bits per heavy atom. The molecule has 0 aliphatic carbocycles. The van der Waals surface area contributed by atoms with E-state index in [-0.39, 0.29) is 0 Å². The van der Waals surface area contributed by atoms with Gasteiger partial charge in [0.05, 0.1) is 28.6 Å². The molecule has 31 heavy (non-hydrogen) atoms. The van der Waals surface area contributed by atoms with Gasteiger partial charge in [-0.25, -0.2) is 9.78 Å². The first-order valence-electron chi connectivity index (χ1n) is 9.52. The van der Waals surface area contributed by atoms with Gasteiger partial charge in [-0.1, -0.05) is 35.6 Å². The topological polar surface area (TPSA) is 72.8 Å². The van der Waals surface area contributed by atoms with Crippen LogP contribution in [0.3, 0.4) is 0 Å². The van der Waals surface area contributed by atoms with Crippen molar-refractivity contribution in [3.63, 3.8) is 0 Å². The summed E-state index contributed by atoms with van der Waals surface area (Å²) in [5, 5.41) is 4.98. The van der Waals surface area contributed by atoms with Crippen LogP contribution in [0.5, 0.6) is 11.5 Å². The minimum atomic E-state index is -0.426. The summed E-state index contributed by atoms with van der Waals surface area (Å²) in [7, 11) is 0. The number of fused-ring (bicyclic) bond motifs is 1. The summed E-state index contributed by atoms with van der Waals surface area (Å²) in [5.74, 6) is 0.415. The van der Waals surface area contributed by atoms with Crippen molar-refractivity contribution in [2.45, 2.75) is 6.92 Å². The molecule has 156 valence electrons. The zero-order chi connectivity index (χ0) is 21.6. The first kappa shape index (κ1) is 21.3. The largest absolute Gasteiger partial charge is 0.490 e. The fourth-order valence-corrected chi connectivity index (χ4v) is 4.24. The van der Waals surface area contributed by atoms with Crippen molar-refractivity contribution in [3.8, 4) is 11.5 Å². The Bertz CT molecular complexity index is 1220. The Labute approximate surface area is 197 Å². The molecule has 8 heteroatoms. The van der Waals surface area contributed by atoms with E-state index < -0.39 is 5.97 Å². The van der Waals surface area contributed by atoms with E-state index in [0.717, 1.165) is 19.4 Å². The maximum atomic E-state index is 12.6. The van der Waals surface area contributed by atoms with Crippen LogP contribution in [0.1, 0.15) is 22.8 Å². The number of benzene rings is 3. The molecule has 1 N–H and O–H groups in total. The lowest BCUT2D eigenvalue weighted by atomic mass is 10.2. The number of hydrogen-bond acceptors (Lipinski definition) is 7. The van der Waals surface area contributed by atoms with Crippen LogP contribution in [-0.2, 0) is 0 Å². The summed E-state index contributed by atoms with van der Waals surface area (Å²) < 4.78 is 13.2. The van der Waals surface area contributed by atoms with Gasteiger partial charge in [0.2, 0.25) is 5.13 Å². The minimum Gasteiger partial charge on any atom is -0.490 e. The predicted molar refractivity (Wildman–Crippen MR) is 133 cm³/mol. The Morgan fingerprint density at radius 3 is 2.74 bits per heavy atom. The summed E-state index contributed by atoms with van der Waals surface area (Å²) in [6.45, 7) is 2.32. The predicted octanol–water partition coefficient (Wildman–Crippen LogP) is 5.96. The van der Waals surface area contributed by atoms with Gasteiger partial charge < -0.3 is 9.47 Å². The fraction of sp³-hybridized carbons (Fsp3) is 0.0870. The second-order valence-corrected chi connectivity index (χ2v) is 8.56. The highest BCUT2D eigenvalue weighted by Crippen LogP contribution is 2.30. The maximum absolute atomic E-state index is 12.6. The third-order valence-electron chi connectivity index (χ3n) is 4.23. The Hall–Kier alpha value is -2.98. The molecule has 0 spiro atoms. The van der Waals surface area contributed by atoms with Crippen LogP contribution in [0.4, 0.5) is 5.13 Å². The molecular formula is C23H18IN3O3S. The van der Waals surface area contributed by atoms with E-state index in [0.29, 0.717) is 28.8 Å². The van der Waals surface area contributed by atoms with Gasteiger partial charge >= 0.3 is 5.97 Å². The van der Waals surface area contributed by atoms with E-state index in [1.54, 1.807) is 30.5 Å². The third-order valence-corrected chi connectivity index (χ3v) is 6.11. The van der Waals surface area contributed by atoms with Crippen LogP contribution in [0.15, 0.2) is 71.8 Å². The Balaban J connectivity index is 1.49. The van der Waals surface area contributed by atoms with Crippen LogP contribution in [0, 0.1) is 3.57 Å². The van der Waals surface area contributed by atoms with Gasteiger partial charge in [-0.3, -0.25) is 5.43 Å². The second kappa shape index (κ2) is 9.88. The lowest BCUT2D eigenvalue weighted by Crippen LogP contribution is -2.11. The van der Waals surface area contributed by atoms with E-state index >= 15 is 0 Å². The standard InChI is InChI=1S/C23H18IN3O3S/c1-2-29-20-13-15(14-25-27-23-26-18-9-5-6-10-21(18)31-23)11-12-19(20)30-22(28)16-7-3-4-8-17(16)24/h3-14H,2H2,1H3,(H,26,27)/b25-14+. The summed E-state index contributed by atoms with van der Waals surface area (Å²) in [4.78, 5) is 17.0. The van der Waals surface area contributed by atoms with Crippen molar-refractivity contribution >= 4 is 61.5 Å². The number of carbonyl (C=O) groups excluding carboxylic acids is 1. The highest BCUT2D eigenvalue weighted by molar-refractivity contribution is 14.1. The molecule has 0 unspecified atom stereocenters. The molecule has 1 heterocycles. The zero-order valence-electron chi connectivity index (χ0n) is 16.5. The monoisotopic (exact) mass is 543 g/mol. The van der Waals surface area contributed by atoms with Crippen LogP contribution < -0.4 is 14.9 Å². The fourth-order valence-electron chi connectivity index (χ4n) is 2.82. The number of nitrogens with one attached hydrogen (secondary N) is 1. The highest BCUT2D eigenvalue weighted by Gasteiger charge is 2.15. The maximum Gasteiger partial charge on any atom is 0.344 e. The quantitative estimate of drug-likeness (QED) is 0.102. The molecule has 1 aromatic heterocycles. The van der Waals surface area contributed by atoms with Crippen LogP contribution in [0.25, 0.3) is 10.2 Å². The Morgan fingerprint density at radius 2 is 1.94 bits per heavy atom. The average Bonchev–Trinajstić information content (AvgIpc) is 3.19. The van der Waals surface area contributed by atoms with Gasteiger partial charge in [0, 0.05) is 3.57 Å². The van der Waals surface area contributed by atoms with E-state index in [1.165, 1.54) is 11.3 Å². The van der Waals surface area contributed by atoms with E-state index in [1.807, 2.05) is 49.4 Å². The van der Waals surface area contributed by atoms with Crippen LogP contribution in [-0.4, -0.2) is 23.8 Å². The normalized spacial score (nSPS) is 11.0. The first-order chi connectivity index (χ1) is 15.1. The Kier molecular flexibility index (Phi) is 6.78. The molecule has 0 radical (unpaired) electrons. The van der Waals surface area contributed by atoms with Crippen molar-refractivity contribution in [2.75, 3.05) is 12.0 Å². The SMILES string of the molecule is CCOc1cc(/C=N/Nc2nc3ccccc3s2)ccc1OC(=O)c1ccccc1I. The third kappa shape index (κ3) is 5.20. The van der Waals surface area contributed by atoms with Gasteiger partial charge in [0.1, 0.15) is 0 Å². The molecule has 0 saturated heterocycles. The van der Waals surface area contributed by atoms with Gasteiger partial charge in [-0.2, -0.15) is 5.10 Å². The second-order valence-electron chi connectivity index (χ2n) is 6.37. The van der Waals surface area contributed by atoms with Gasteiger partial charge in [0.25, 0.3) is 0 Å². The van der Waals surface area contributed by atoms with E-state index in [2.05, 4.69) is 38.1 Å². The number of esters is 1. The number of ether oxygens (including phenoxy) is 2. The van der Waals surface area contributed by atoms with Crippen molar-refractivity contribution in [1.29, 1.82) is 0 Å². The lowest BCUT2D eigenvalue weighted by molar-refractivity contribution is 0.0727. The average molecular weight is 543 g/mol. The highest BCUT2D eigenvalue weighted by atomic mass is 127. The van der Waals surface area contributed by atoms with Crippen molar-refractivity contribution in [2.24, 2.45) is 5.10 Å². The number of carbonyl (C=O) groups is 1. The smallest absolute Gasteiger partial charge is 0.344 e. The molecule has 0 amide bonds. The summed E-state index contributed by atoms with van der Waals surface area (Å²) in [6, 6.07) is 20.5. The zero-order valence-corrected chi connectivity index (χ0v) is 19.5. The van der Waals surface area contributed by atoms with Crippen molar-refractivity contribution in [3.05, 3.63) is 81.4 Å². The minimum absolute atomic E-state index is 0.364. The number of thiazole rings is 1. The number of para-hydroxylation sites is 1. The summed E-state index contributed by atoms with van der Waals surface area (Å²) in [5.41, 5.74) is 5.20. The van der Waals surface area contributed by atoms with Crippen LogP contribution in [0.2, 0.25) is 0 Å². The summed E-state index contributed by atoms with van der Waals surface area (Å²) >= 11 is 3.65. The number of hydrazone groups is 1. The van der Waals surface area contributed by atoms with Gasteiger partial charge in [-0.15, -0.1) is 0 Å². The molecule has 0 atom stereocenters. The van der Waals surface area contributed by atoms with Crippen molar-refractivity contribution in [1.82, 2.24) is 4.98 Å². The molecule has 0 aliphatic rings. The van der Waals surface area contributed by atoms with E-state index in [9.17, 15) is 4.79 Å². The van der Waals surface area contributed by atoms with E-state index in [4.69, 9.17) is 9.47 Å². The number of halogens is 1. The molecule has 4 rings (SSSR count).